The highest BCUT2D eigenvalue weighted by atomic mass is 16.5. The van der Waals surface area contributed by atoms with Gasteiger partial charge in [0.2, 0.25) is 0 Å². The second-order valence-electron chi connectivity index (χ2n) is 4.43. The second-order valence-corrected chi connectivity index (χ2v) is 4.43. The molecule has 5 nitrogen and oxygen atoms in total. The Kier molecular flexibility index (Phi) is 3.09. The standard InChI is InChI=1S/C15H14N4O/c1-11-9-12(16)7-8-14(11)20-15-17-10-19(18-15)13-5-3-2-4-6-13/h2-10H,16H2,1H3. The first-order chi connectivity index (χ1) is 9.72. The number of anilines is 1. The number of para-hydroxylation sites is 1. The monoisotopic (exact) mass is 266 g/mol. The van der Waals surface area contributed by atoms with E-state index in [1.54, 1.807) is 17.1 Å². The Hall–Kier alpha value is -2.82. The van der Waals surface area contributed by atoms with Crippen LogP contribution in [0.1, 0.15) is 5.56 Å². The highest BCUT2D eigenvalue weighted by Gasteiger charge is 2.07. The van der Waals surface area contributed by atoms with E-state index in [-0.39, 0.29) is 0 Å². The fourth-order valence-electron chi connectivity index (χ4n) is 1.89. The summed E-state index contributed by atoms with van der Waals surface area (Å²) in [7, 11) is 0. The van der Waals surface area contributed by atoms with Crippen LogP contribution in [0.5, 0.6) is 11.8 Å². The maximum absolute atomic E-state index is 5.71. The van der Waals surface area contributed by atoms with Crippen molar-refractivity contribution in [1.29, 1.82) is 0 Å². The highest BCUT2D eigenvalue weighted by molar-refractivity contribution is 5.47. The third kappa shape index (κ3) is 2.47. The van der Waals surface area contributed by atoms with Gasteiger partial charge in [-0.2, -0.15) is 4.98 Å². The molecule has 2 N–H and O–H groups in total. The van der Waals surface area contributed by atoms with Gasteiger partial charge >= 0.3 is 6.01 Å². The minimum absolute atomic E-state index is 0.307. The number of ether oxygens (including phenoxy) is 1. The average molecular weight is 266 g/mol. The molecular formula is C15H14N4O. The summed E-state index contributed by atoms with van der Waals surface area (Å²) in [6, 6.07) is 15.5. The van der Waals surface area contributed by atoms with E-state index in [4.69, 9.17) is 10.5 Å². The third-order valence-electron chi connectivity index (χ3n) is 2.89. The van der Waals surface area contributed by atoms with Crippen molar-refractivity contribution in [3.05, 3.63) is 60.4 Å². The van der Waals surface area contributed by atoms with Gasteiger partial charge in [-0.3, -0.25) is 0 Å². The average Bonchev–Trinajstić information content (AvgIpc) is 2.92. The Morgan fingerprint density at radius 1 is 1.10 bits per heavy atom. The molecule has 3 aromatic rings. The van der Waals surface area contributed by atoms with E-state index in [2.05, 4.69) is 10.1 Å². The number of hydrogen-bond acceptors (Lipinski definition) is 4. The van der Waals surface area contributed by atoms with Crippen LogP contribution in [-0.2, 0) is 0 Å². The number of aryl methyl sites for hydroxylation is 1. The molecule has 0 bridgehead atoms. The minimum atomic E-state index is 0.307. The molecule has 0 aliphatic carbocycles. The maximum atomic E-state index is 5.71. The van der Waals surface area contributed by atoms with E-state index in [0.29, 0.717) is 17.4 Å². The van der Waals surface area contributed by atoms with Crippen LogP contribution in [0, 0.1) is 6.92 Å². The van der Waals surface area contributed by atoms with Crippen molar-refractivity contribution < 1.29 is 4.74 Å². The number of nitrogen functional groups attached to an aromatic ring is 1. The van der Waals surface area contributed by atoms with Crippen molar-refractivity contribution in [1.82, 2.24) is 14.8 Å². The van der Waals surface area contributed by atoms with Crippen molar-refractivity contribution in [3.8, 4) is 17.4 Å². The lowest BCUT2D eigenvalue weighted by atomic mass is 10.2. The molecule has 0 amide bonds. The van der Waals surface area contributed by atoms with Crippen molar-refractivity contribution in [3.63, 3.8) is 0 Å². The number of hydrogen-bond donors (Lipinski definition) is 1. The lowest BCUT2D eigenvalue weighted by molar-refractivity contribution is 0.438. The summed E-state index contributed by atoms with van der Waals surface area (Å²) in [4.78, 5) is 4.15. The molecule has 0 spiro atoms. The van der Waals surface area contributed by atoms with Gasteiger partial charge in [0.1, 0.15) is 12.1 Å². The van der Waals surface area contributed by atoms with Crippen LogP contribution in [0.3, 0.4) is 0 Å². The molecule has 1 heterocycles. The van der Waals surface area contributed by atoms with Crippen LogP contribution >= 0.6 is 0 Å². The topological polar surface area (TPSA) is 66.0 Å². The molecule has 5 heteroatoms. The van der Waals surface area contributed by atoms with Gasteiger partial charge < -0.3 is 10.5 Å². The largest absolute Gasteiger partial charge is 0.423 e. The Balaban J connectivity index is 1.84. The van der Waals surface area contributed by atoms with Crippen LogP contribution in [0.4, 0.5) is 5.69 Å². The van der Waals surface area contributed by atoms with Crippen LogP contribution < -0.4 is 10.5 Å². The Bertz CT molecular complexity index is 722. The second kappa shape index (κ2) is 5.05. The van der Waals surface area contributed by atoms with Crippen molar-refractivity contribution in [2.45, 2.75) is 6.92 Å². The number of rotatable bonds is 3. The van der Waals surface area contributed by atoms with Crippen LogP contribution in [0.25, 0.3) is 5.69 Å². The minimum Gasteiger partial charge on any atom is -0.423 e. The molecule has 0 atom stereocenters. The molecule has 100 valence electrons. The van der Waals surface area contributed by atoms with Crippen LogP contribution in [-0.4, -0.2) is 14.8 Å². The molecule has 0 aliphatic heterocycles. The van der Waals surface area contributed by atoms with Gasteiger partial charge in [0, 0.05) is 5.69 Å². The quantitative estimate of drug-likeness (QED) is 0.740. The number of nitrogens with zero attached hydrogens (tertiary/aromatic N) is 3. The van der Waals surface area contributed by atoms with Gasteiger partial charge in [-0.25, -0.2) is 4.68 Å². The van der Waals surface area contributed by atoms with Crippen LogP contribution in [0.2, 0.25) is 0 Å². The Labute approximate surface area is 116 Å². The molecule has 0 aliphatic rings. The normalized spacial score (nSPS) is 10.4. The predicted octanol–water partition coefficient (Wildman–Crippen LogP) is 2.95. The SMILES string of the molecule is Cc1cc(N)ccc1Oc1ncn(-c2ccccc2)n1. The lowest BCUT2D eigenvalue weighted by Gasteiger charge is -2.05. The number of aromatic nitrogens is 3. The van der Waals surface area contributed by atoms with E-state index in [9.17, 15) is 0 Å². The molecular weight excluding hydrogens is 252 g/mol. The zero-order valence-electron chi connectivity index (χ0n) is 11.0. The van der Waals surface area contributed by atoms with Gasteiger partial charge in [0.25, 0.3) is 0 Å². The van der Waals surface area contributed by atoms with Crippen molar-refractivity contribution in [2.24, 2.45) is 0 Å². The summed E-state index contributed by atoms with van der Waals surface area (Å²) in [6.45, 7) is 1.93. The third-order valence-corrected chi connectivity index (χ3v) is 2.89. The number of nitrogens with two attached hydrogens (primary N) is 1. The van der Waals surface area contributed by atoms with Gasteiger partial charge in [-0.1, -0.05) is 18.2 Å². The smallest absolute Gasteiger partial charge is 0.341 e. The molecule has 1 aromatic heterocycles. The maximum Gasteiger partial charge on any atom is 0.341 e. The van der Waals surface area contributed by atoms with Gasteiger partial charge in [-0.05, 0) is 42.8 Å². The Morgan fingerprint density at radius 3 is 2.65 bits per heavy atom. The highest BCUT2D eigenvalue weighted by Crippen LogP contribution is 2.24. The summed E-state index contributed by atoms with van der Waals surface area (Å²) < 4.78 is 7.34. The van der Waals surface area contributed by atoms with E-state index in [1.165, 1.54) is 0 Å². The molecule has 0 unspecified atom stereocenters. The Morgan fingerprint density at radius 2 is 1.90 bits per heavy atom. The summed E-state index contributed by atoms with van der Waals surface area (Å²) in [6.07, 6.45) is 1.62. The van der Waals surface area contributed by atoms with Crippen molar-refractivity contribution >= 4 is 5.69 Å². The molecule has 2 aromatic carbocycles. The molecule has 0 saturated heterocycles. The zero-order chi connectivity index (χ0) is 13.9. The van der Waals surface area contributed by atoms with E-state index in [0.717, 1.165) is 11.3 Å². The molecule has 0 saturated carbocycles. The fraction of sp³-hybridized carbons (Fsp3) is 0.0667. The van der Waals surface area contributed by atoms with Gasteiger partial charge in [-0.15, -0.1) is 5.10 Å². The van der Waals surface area contributed by atoms with Crippen molar-refractivity contribution in [2.75, 3.05) is 5.73 Å². The van der Waals surface area contributed by atoms with E-state index < -0.39 is 0 Å². The summed E-state index contributed by atoms with van der Waals surface area (Å²) >= 11 is 0. The first-order valence-electron chi connectivity index (χ1n) is 6.23. The molecule has 20 heavy (non-hydrogen) atoms. The summed E-state index contributed by atoms with van der Waals surface area (Å²) in [5.74, 6) is 0.699. The van der Waals surface area contributed by atoms with Gasteiger partial charge in [0.15, 0.2) is 0 Å². The zero-order valence-corrected chi connectivity index (χ0v) is 11.0. The molecule has 3 rings (SSSR count). The number of benzene rings is 2. The van der Waals surface area contributed by atoms with E-state index >= 15 is 0 Å². The first-order valence-corrected chi connectivity index (χ1v) is 6.23. The van der Waals surface area contributed by atoms with E-state index in [1.807, 2.05) is 49.4 Å². The lowest BCUT2D eigenvalue weighted by Crippen LogP contribution is -1.95. The summed E-state index contributed by atoms with van der Waals surface area (Å²) in [5, 5.41) is 4.29. The molecule has 0 radical (unpaired) electrons. The predicted molar refractivity (Wildman–Crippen MR) is 77.0 cm³/mol. The van der Waals surface area contributed by atoms with Gasteiger partial charge in [0.05, 0.1) is 5.69 Å². The fourth-order valence-corrected chi connectivity index (χ4v) is 1.89. The van der Waals surface area contributed by atoms with Crippen LogP contribution in [0.15, 0.2) is 54.9 Å². The first kappa shape index (κ1) is 12.2. The summed E-state index contributed by atoms with van der Waals surface area (Å²) in [5.41, 5.74) is 8.30. The molecule has 0 fully saturated rings.